The van der Waals surface area contributed by atoms with Crippen molar-refractivity contribution in [1.29, 1.82) is 0 Å². The van der Waals surface area contributed by atoms with Crippen molar-refractivity contribution >= 4 is 0 Å². The van der Waals surface area contributed by atoms with E-state index in [1.165, 1.54) is 58.3 Å². The van der Waals surface area contributed by atoms with Crippen molar-refractivity contribution in [1.82, 2.24) is 9.80 Å². The van der Waals surface area contributed by atoms with Gasteiger partial charge in [0.15, 0.2) is 0 Å². The average Bonchev–Trinajstić information content (AvgIpc) is 2.79. The lowest BCUT2D eigenvalue weighted by molar-refractivity contribution is 0.0940. The van der Waals surface area contributed by atoms with Crippen LogP contribution in [0.15, 0.2) is 0 Å². The molecule has 0 aromatic carbocycles. The summed E-state index contributed by atoms with van der Waals surface area (Å²) in [5.74, 6) is 0. The Hall–Kier alpha value is -0.120. The van der Waals surface area contributed by atoms with Crippen molar-refractivity contribution in [2.45, 2.75) is 45.1 Å². The molecule has 1 atom stereocenters. The Kier molecular flexibility index (Phi) is 5.75. The third kappa shape index (κ3) is 4.23. The van der Waals surface area contributed by atoms with Gasteiger partial charge in [0, 0.05) is 25.7 Å². The van der Waals surface area contributed by atoms with Crippen molar-refractivity contribution < 1.29 is 4.74 Å². The number of hydrogen-bond donors (Lipinski definition) is 0. The number of ether oxygens (including phenoxy) is 1. The van der Waals surface area contributed by atoms with E-state index >= 15 is 0 Å². The zero-order chi connectivity index (χ0) is 11.9. The van der Waals surface area contributed by atoms with Gasteiger partial charge in [-0.15, -0.1) is 0 Å². The fraction of sp³-hybridized carbons (Fsp3) is 1.00. The Morgan fingerprint density at radius 2 is 1.88 bits per heavy atom. The predicted molar refractivity (Wildman–Crippen MR) is 71.4 cm³/mol. The lowest BCUT2D eigenvalue weighted by Crippen LogP contribution is -2.43. The second kappa shape index (κ2) is 7.34. The van der Waals surface area contributed by atoms with E-state index in [1.807, 2.05) is 0 Å². The maximum Gasteiger partial charge on any atom is 0.0593 e. The molecule has 2 aliphatic heterocycles. The van der Waals surface area contributed by atoms with E-state index < -0.39 is 0 Å². The molecule has 2 fully saturated rings. The molecule has 3 heteroatoms. The number of likely N-dealkylation sites (tertiary alicyclic amines) is 2. The highest BCUT2D eigenvalue weighted by molar-refractivity contribution is 4.82. The number of hydrogen-bond acceptors (Lipinski definition) is 3. The van der Waals surface area contributed by atoms with E-state index in [0.717, 1.165) is 25.8 Å². The van der Waals surface area contributed by atoms with Gasteiger partial charge in [-0.05, 0) is 52.2 Å². The van der Waals surface area contributed by atoms with Crippen LogP contribution < -0.4 is 0 Å². The van der Waals surface area contributed by atoms with Crippen molar-refractivity contribution in [3.05, 3.63) is 0 Å². The Balaban J connectivity index is 1.70. The van der Waals surface area contributed by atoms with E-state index in [0.29, 0.717) is 0 Å². The van der Waals surface area contributed by atoms with Gasteiger partial charge in [0.2, 0.25) is 0 Å². The summed E-state index contributed by atoms with van der Waals surface area (Å²) < 4.78 is 5.48. The van der Waals surface area contributed by atoms with E-state index in [4.69, 9.17) is 4.74 Å². The number of rotatable bonds is 6. The molecule has 0 aromatic heterocycles. The first-order chi connectivity index (χ1) is 8.40. The van der Waals surface area contributed by atoms with Gasteiger partial charge in [0.05, 0.1) is 6.61 Å². The minimum absolute atomic E-state index is 0.800. The van der Waals surface area contributed by atoms with Crippen LogP contribution in [0, 0.1) is 0 Å². The third-order valence-corrected chi connectivity index (χ3v) is 4.14. The van der Waals surface area contributed by atoms with Crippen LogP contribution in [0.2, 0.25) is 0 Å². The monoisotopic (exact) mass is 240 g/mol. The van der Waals surface area contributed by atoms with Crippen molar-refractivity contribution in [2.75, 3.05) is 45.9 Å². The van der Waals surface area contributed by atoms with Crippen LogP contribution in [0.25, 0.3) is 0 Å². The summed E-state index contributed by atoms with van der Waals surface area (Å²) in [6, 6.07) is 0.800. The van der Waals surface area contributed by atoms with Gasteiger partial charge in [-0.2, -0.15) is 0 Å². The molecule has 2 aliphatic rings. The molecule has 0 saturated carbocycles. The molecule has 0 aromatic rings. The molecule has 0 spiro atoms. The predicted octanol–water partition coefficient (Wildman–Crippen LogP) is 1.97. The molecule has 0 radical (unpaired) electrons. The molecule has 17 heavy (non-hydrogen) atoms. The van der Waals surface area contributed by atoms with Gasteiger partial charge < -0.3 is 9.64 Å². The molecule has 0 unspecified atom stereocenters. The van der Waals surface area contributed by atoms with Gasteiger partial charge >= 0.3 is 0 Å². The lowest BCUT2D eigenvalue weighted by atomic mass is 10.1. The Morgan fingerprint density at radius 1 is 1.06 bits per heavy atom. The molecule has 0 aliphatic carbocycles. The molecule has 0 N–H and O–H groups in total. The average molecular weight is 240 g/mol. The quantitative estimate of drug-likeness (QED) is 0.660. The summed E-state index contributed by atoms with van der Waals surface area (Å²) in [5.41, 5.74) is 0. The second-order valence-corrected chi connectivity index (χ2v) is 5.39. The first-order valence-corrected chi connectivity index (χ1v) is 7.44. The first kappa shape index (κ1) is 13.3. The van der Waals surface area contributed by atoms with Crippen LogP contribution in [0.5, 0.6) is 0 Å². The van der Waals surface area contributed by atoms with Gasteiger partial charge in [-0.3, -0.25) is 4.90 Å². The van der Waals surface area contributed by atoms with Crippen LogP contribution in [0.3, 0.4) is 0 Å². The fourth-order valence-corrected chi connectivity index (χ4v) is 3.16. The Labute approximate surface area is 106 Å². The highest BCUT2D eigenvalue weighted by atomic mass is 16.5. The molecule has 2 saturated heterocycles. The molecule has 100 valence electrons. The lowest BCUT2D eigenvalue weighted by Gasteiger charge is -2.32. The van der Waals surface area contributed by atoms with Crippen LogP contribution in [0.4, 0.5) is 0 Å². The van der Waals surface area contributed by atoms with E-state index in [1.54, 1.807) is 0 Å². The highest BCUT2D eigenvalue weighted by Gasteiger charge is 2.26. The second-order valence-electron chi connectivity index (χ2n) is 5.39. The Morgan fingerprint density at radius 3 is 2.65 bits per heavy atom. The fourth-order valence-electron chi connectivity index (χ4n) is 3.16. The third-order valence-electron chi connectivity index (χ3n) is 4.14. The summed E-state index contributed by atoms with van der Waals surface area (Å²) >= 11 is 0. The van der Waals surface area contributed by atoms with Crippen molar-refractivity contribution in [3.63, 3.8) is 0 Å². The Bertz CT molecular complexity index is 204. The topological polar surface area (TPSA) is 15.7 Å². The molecular formula is C14H28N2O. The van der Waals surface area contributed by atoms with Gasteiger partial charge in [0.1, 0.15) is 0 Å². The van der Waals surface area contributed by atoms with Gasteiger partial charge in [0.25, 0.3) is 0 Å². The minimum atomic E-state index is 0.800. The first-order valence-electron chi connectivity index (χ1n) is 7.44. The molecule has 2 rings (SSSR count). The molecule has 0 bridgehead atoms. The van der Waals surface area contributed by atoms with Crippen LogP contribution in [-0.4, -0.2) is 61.8 Å². The zero-order valence-corrected chi connectivity index (χ0v) is 11.4. The SMILES string of the molecule is CCOCCN1CCC[C@H]1CN1CCCCC1. The number of nitrogens with zero attached hydrogens (tertiary/aromatic N) is 2. The van der Waals surface area contributed by atoms with Crippen LogP contribution in [-0.2, 0) is 4.74 Å². The van der Waals surface area contributed by atoms with Crippen molar-refractivity contribution in [3.8, 4) is 0 Å². The number of piperidine rings is 1. The van der Waals surface area contributed by atoms with E-state index in [-0.39, 0.29) is 0 Å². The summed E-state index contributed by atoms with van der Waals surface area (Å²) in [7, 11) is 0. The summed E-state index contributed by atoms with van der Waals surface area (Å²) in [6.45, 7) is 10.2. The maximum atomic E-state index is 5.48. The molecule has 0 amide bonds. The van der Waals surface area contributed by atoms with Crippen molar-refractivity contribution in [2.24, 2.45) is 0 Å². The maximum absolute atomic E-state index is 5.48. The standard InChI is InChI=1S/C14H28N2O/c1-2-17-12-11-16-10-6-7-14(16)13-15-8-4-3-5-9-15/h14H,2-13H2,1H3/t14-/m0/s1. The zero-order valence-electron chi connectivity index (χ0n) is 11.4. The van der Waals surface area contributed by atoms with E-state index in [2.05, 4.69) is 16.7 Å². The molecular weight excluding hydrogens is 212 g/mol. The van der Waals surface area contributed by atoms with Gasteiger partial charge in [-0.25, -0.2) is 0 Å². The minimum Gasteiger partial charge on any atom is -0.380 e. The van der Waals surface area contributed by atoms with Crippen LogP contribution in [0.1, 0.15) is 39.0 Å². The molecule has 2 heterocycles. The normalized spacial score (nSPS) is 27.7. The van der Waals surface area contributed by atoms with E-state index in [9.17, 15) is 0 Å². The van der Waals surface area contributed by atoms with Gasteiger partial charge in [-0.1, -0.05) is 6.42 Å². The highest BCUT2D eigenvalue weighted by Crippen LogP contribution is 2.19. The smallest absolute Gasteiger partial charge is 0.0593 e. The summed E-state index contributed by atoms with van der Waals surface area (Å²) in [4.78, 5) is 5.32. The largest absolute Gasteiger partial charge is 0.380 e. The summed E-state index contributed by atoms with van der Waals surface area (Å²) in [6.07, 6.45) is 7.03. The summed E-state index contributed by atoms with van der Waals surface area (Å²) in [5, 5.41) is 0. The molecule has 3 nitrogen and oxygen atoms in total. The van der Waals surface area contributed by atoms with Crippen LogP contribution >= 0.6 is 0 Å².